The van der Waals surface area contributed by atoms with Gasteiger partial charge in [0.15, 0.2) is 11.5 Å². The number of hydrogen-bond acceptors (Lipinski definition) is 5. The van der Waals surface area contributed by atoms with Crippen molar-refractivity contribution in [1.29, 1.82) is 0 Å². The first-order chi connectivity index (χ1) is 12.3. The molecule has 0 saturated carbocycles. The molecule has 0 unspecified atom stereocenters. The second kappa shape index (κ2) is 8.78. The van der Waals surface area contributed by atoms with E-state index in [-0.39, 0.29) is 10.6 Å². The first kappa shape index (κ1) is 19.9. The number of rotatable bonds is 7. The highest BCUT2D eigenvalue weighted by molar-refractivity contribution is 6.42. The number of carboxylic acids is 1. The molecule has 1 amide bonds. The average Bonchev–Trinajstić information content (AvgIpc) is 2.62. The van der Waals surface area contributed by atoms with Crippen LogP contribution in [0.15, 0.2) is 36.4 Å². The van der Waals surface area contributed by atoms with Crippen LogP contribution >= 0.6 is 23.2 Å². The number of halogens is 2. The van der Waals surface area contributed by atoms with Gasteiger partial charge < -0.3 is 24.7 Å². The zero-order valence-corrected chi connectivity index (χ0v) is 15.6. The van der Waals surface area contributed by atoms with Crippen molar-refractivity contribution < 1.29 is 24.2 Å². The van der Waals surface area contributed by atoms with E-state index in [2.05, 4.69) is 5.32 Å². The van der Waals surface area contributed by atoms with Crippen molar-refractivity contribution >= 4 is 35.1 Å². The Balaban J connectivity index is 2.31. The molecule has 0 spiro atoms. The number of amides is 1. The van der Waals surface area contributed by atoms with Gasteiger partial charge in [0.1, 0.15) is 0 Å². The molecule has 0 aliphatic heterocycles. The third kappa shape index (κ3) is 4.80. The summed E-state index contributed by atoms with van der Waals surface area (Å²) in [5.74, 6) is -0.903. The van der Waals surface area contributed by atoms with Gasteiger partial charge in [-0.15, -0.1) is 0 Å². The molecule has 0 aliphatic rings. The van der Waals surface area contributed by atoms with Crippen molar-refractivity contribution in [1.82, 2.24) is 5.32 Å². The molecule has 0 bridgehead atoms. The second-order valence-corrected chi connectivity index (χ2v) is 6.16. The van der Waals surface area contributed by atoms with Crippen molar-refractivity contribution in [3.05, 3.63) is 57.6 Å². The van der Waals surface area contributed by atoms with Gasteiger partial charge in [0.05, 0.1) is 30.3 Å². The van der Waals surface area contributed by atoms with E-state index in [1.54, 1.807) is 18.2 Å². The van der Waals surface area contributed by atoms with E-state index in [9.17, 15) is 14.7 Å². The van der Waals surface area contributed by atoms with Gasteiger partial charge in [-0.1, -0.05) is 29.3 Å². The topological polar surface area (TPSA) is 87.7 Å². The average molecular weight is 397 g/mol. The van der Waals surface area contributed by atoms with Crippen LogP contribution in [0.2, 0.25) is 10.0 Å². The lowest BCUT2D eigenvalue weighted by Gasteiger charge is -2.21. The van der Waals surface area contributed by atoms with Crippen LogP contribution in [-0.2, 0) is 4.79 Å². The lowest BCUT2D eigenvalue weighted by molar-refractivity contribution is -0.306. The van der Waals surface area contributed by atoms with E-state index in [1.165, 1.54) is 32.4 Å². The van der Waals surface area contributed by atoms with Gasteiger partial charge in [-0.2, -0.15) is 0 Å². The number of benzene rings is 2. The number of nitrogens with one attached hydrogen (secondary N) is 1. The van der Waals surface area contributed by atoms with Gasteiger partial charge in [0, 0.05) is 18.0 Å². The molecule has 8 heteroatoms. The van der Waals surface area contributed by atoms with Crippen LogP contribution in [0.4, 0.5) is 0 Å². The molecule has 6 nitrogen and oxygen atoms in total. The molecule has 138 valence electrons. The Hall–Kier alpha value is -2.44. The lowest BCUT2D eigenvalue weighted by Crippen LogP contribution is -2.34. The van der Waals surface area contributed by atoms with Gasteiger partial charge in [0.2, 0.25) is 0 Å². The molecule has 2 aromatic rings. The highest BCUT2D eigenvalue weighted by Gasteiger charge is 2.19. The minimum Gasteiger partial charge on any atom is -0.550 e. The number of ether oxygens (including phenoxy) is 2. The smallest absolute Gasteiger partial charge is 0.251 e. The van der Waals surface area contributed by atoms with Crippen LogP contribution in [0.25, 0.3) is 0 Å². The summed E-state index contributed by atoms with van der Waals surface area (Å²) in [6.07, 6.45) is -0.414. The fourth-order valence-electron chi connectivity index (χ4n) is 2.37. The van der Waals surface area contributed by atoms with Crippen molar-refractivity contribution in [2.45, 2.75) is 12.5 Å². The van der Waals surface area contributed by atoms with Crippen molar-refractivity contribution in [2.24, 2.45) is 0 Å². The summed E-state index contributed by atoms with van der Waals surface area (Å²) in [7, 11) is 2.95. The zero-order valence-electron chi connectivity index (χ0n) is 14.0. The number of carbonyl (C=O) groups excluding carboxylic acids is 2. The molecule has 0 saturated heterocycles. The van der Waals surface area contributed by atoms with Crippen LogP contribution in [0.5, 0.6) is 11.5 Å². The standard InChI is InChI=1S/C18H17Cl2NO5/c1-25-15-6-4-10(8-16(15)26-2)14(9-17(22)23)21-18(24)11-3-5-12(19)13(20)7-11/h3-8,14H,9H2,1-2H3,(H,21,24)(H,22,23)/p-1/t14-/m0/s1. The van der Waals surface area contributed by atoms with E-state index in [0.717, 1.165) is 0 Å². The predicted octanol–water partition coefficient (Wildman–Crippen LogP) is 2.62. The Labute approximate surface area is 160 Å². The molecule has 1 atom stereocenters. The van der Waals surface area contributed by atoms with Crippen LogP contribution in [-0.4, -0.2) is 26.1 Å². The van der Waals surface area contributed by atoms with Crippen molar-refractivity contribution in [2.75, 3.05) is 14.2 Å². The maximum Gasteiger partial charge on any atom is 0.251 e. The fraction of sp³-hybridized carbons (Fsp3) is 0.222. The van der Waals surface area contributed by atoms with Gasteiger partial charge in [-0.25, -0.2) is 0 Å². The lowest BCUT2D eigenvalue weighted by atomic mass is 10.0. The fourth-order valence-corrected chi connectivity index (χ4v) is 2.67. The molecule has 0 radical (unpaired) electrons. The Kier molecular flexibility index (Phi) is 6.71. The molecule has 1 N–H and O–H groups in total. The zero-order chi connectivity index (χ0) is 19.3. The number of methoxy groups -OCH3 is 2. The van der Waals surface area contributed by atoms with Crippen molar-refractivity contribution in [3.8, 4) is 11.5 Å². The van der Waals surface area contributed by atoms with Gasteiger partial charge in [-0.3, -0.25) is 4.79 Å². The van der Waals surface area contributed by atoms with E-state index in [0.29, 0.717) is 22.1 Å². The third-order valence-corrected chi connectivity index (χ3v) is 4.41. The summed E-state index contributed by atoms with van der Waals surface area (Å²) in [5.41, 5.74) is 0.781. The van der Waals surface area contributed by atoms with Gasteiger partial charge in [-0.05, 0) is 35.9 Å². The number of aliphatic carboxylic acids is 1. The van der Waals surface area contributed by atoms with Gasteiger partial charge >= 0.3 is 0 Å². The van der Waals surface area contributed by atoms with Crippen molar-refractivity contribution in [3.63, 3.8) is 0 Å². The summed E-state index contributed by atoms with van der Waals surface area (Å²) in [6.45, 7) is 0. The summed E-state index contributed by atoms with van der Waals surface area (Å²) < 4.78 is 10.4. The highest BCUT2D eigenvalue weighted by atomic mass is 35.5. The first-order valence-electron chi connectivity index (χ1n) is 7.53. The predicted molar refractivity (Wildman–Crippen MR) is 95.8 cm³/mol. The van der Waals surface area contributed by atoms with E-state index in [4.69, 9.17) is 32.7 Å². The maximum absolute atomic E-state index is 12.5. The summed E-state index contributed by atoms with van der Waals surface area (Å²) in [4.78, 5) is 23.6. The van der Waals surface area contributed by atoms with E-state index < -0.39 is 24.3 Å². The first-order valence-corrected chi connectivity index (χ1v) is 8.29. The van der Waals surface area contributed by atoms with Crippen LogP contribution < -0.4 is 19.9 Å². The maximum atomic E-state index is 12.5. The van der Waals surface area contributed by atoms with Crippen LogP contribution in [0, 0.1) is 0 Å². The molecular formula is C18H16Cl2NO5-. The Bertz CT molecular complexity index is 825. The quantitative estimate of drug-likeness (QED) is 0.776. The molecule has 0 aliphatic carbocycles. The molecule has 26 heavy (non-hydrogen) atoms. The molecule has 0 aromatic heterocycles. The largest absolute Gasteiger partial charge is 0.550 e. The van der Waals surface area contributed by atoms with Crippen LogP contribution in [0.3, 0.4) is 0 Å². The molecule has 2 rings (SSSR count). The molecule has 2 aromatic carbocycles. The number of carboxylic acid groups (broad SMARTS) is 1. The van der Waals surface area contributed by atoms with E-state index in [1.807, 2.05) is 0 Å². The highest BCUT2D eigenvalue weighted by Crippen LogP contribution is 2.31. The SMILES string of the molecule is COc1ccc([C@H](CC(=O)[O-])NC(=O)c2ccc(Cl)c(Cl)c2)cc1OC. The molecular weight excluding hydrogens is 381 g/mol. The minimum absolute atomic E-state index is 0.224. The normalized spacial score (nSPS) is 11.5. The van der Waals surface area contributed by atoms with Gasteiger partial charge in [0.25, 0.3) is 5.91 Å². The summed E-state index contributed by atoms with van der Waals surface area (Å²) in [5, 5.41) is 14.3. The third-order valence-electron chi connectivity index (χ3n) is 3.67. The Morgan fingerprint density at radius 3 is 2.31 bits per heavy atom. The minimum atomic E-state index is -1.31. The van der Waals surface area contributed by atoms with Crippen LogP contribution in [0.1, 0.15) is 28.4 Å². The number of hydrogen-bond donors (Lipinski definition) is 1. The van der Waals surface area contributed by atoms with E-state index >= 15 is 0 Å². The second-order valence-electron chi connectivity index (χ2n) is 5.35. The molecule has 0 fully saturated rings. The monoisotopic (exact) mass is 396 g/mol. The summed E-state index contributed by atoms with van der Waals surface area (Å²) in [6, 6.07) is 8.43. The Morgan fingerprint density at radius 1 is 1.04 bits per heavy atom. The number of carbonyl (C=O) groups is 2. The summed E-state index contributed by atoms with van der Waals surface area (Å²) >= 11 is 11.8. The molecule has 0 heterocycles. The Morgan fingerprint density at radius 2 is 1.73 bits per heavy atom.